The summed E-state index contributed by atoms with van der Waals surface area (Å²) in [5.74, 6) is -0.271. The molecule has 0 radical (unpaired) electrons. The van der Waals surface area contributed by atoms with Gasteiger partial charge in [-0.1, -0.05) is 18.2 Å². The molecule has 0 fully saturated rings. The summed E-state index contributed by atoms with van der Waals surface area (Å²) in [4.78, 5) is 28.8. The Balaban J connectivity index is 1.63. The second-order valence-corrected chi connectivity index (χ2v) is 6.63. The molecule has 2 aromatic carbocycles. The van der Waals surface area contributed by atoms with Gasteiger partial charge in [0.15, 0.2) is 0 Å². The number of amides is 1. The van der Waals surface area contributed by atoms with E-state index in [0.717, 1.165) is 10.6 Å². The summed E-state index contributed by atoms with van der Waals surface area (Å²) in [7, 11) is 0. The second kappa shape index (κ2) is 9.99. The molecule has 0 aliphatic rings. The Morgan fingerprint density at radius 3 is 2.50 bits per heavy atom. The van der Waals surface area contributed by atoms with Crippen LogP contribution in [0.2, 0.25) is 0 Å². The van der Waals surface area contributed by atoms with Crippen LogP contribution in [0.25, 0.3) is 11.3 Å². The summed E-state index contributed by atoms with van der Waals surface area (Å²) in [5.41, 5.74) is 0.852. The lowest BCUT2D eigenvalue weighted by atomic mass is 10.1. The molecule has 1 amide bonds. The Kier molecular flexibility index (Phi) is 7.14. The lowest BCUT2D eigenvalue weighted by Crippen LogP contribution is -2.32. The molecule has 0 aliphatic heterocycles. The van der Waals surface area contributed by atoms with Crippen molar-refractivity contribution in [2.75, 3.05) is 6.61 Å². The van der Waals surface area contributed by atoms with Gasteiger partial charge in [0.05, 0.1) is 18.6 Å². The summed E-state index contributed by atoms with van der Waals surface area (Å²) in [6.07, 6.45) is -3.60. The van der Waals surface area contributed by atoms with Crippen molar-refractivity contribution in [1.29, 1.82) is 0 Å². The van der Waals surface area contributed by atoms with E-state index in [2.05, 4.69) is 15.0 Å². The highest BCUT2D eigenvalue weighted by Crippen LogP contribution is 2.26. The average Bonchev–Trinajstić information content (AvgIpc) is 2.74. The first kappa shape index (κ1) is 22.9. The number of nitrogens with zero attached hydrogens (tertiary/aromatic N) is 2. The van der Waals surface area contributed by atoms with Gasteiger partial charge in [-0.15, -0.1) is 13.2 Å². The fourth-order valence-corrected chi connectivity index (χ4v) is 2.87. The van der Waals surface area contributed by atoms with E-state index >= 15 is 0 Å². The van der Waals surface area contributed by atoms with Gasteiger partial charge in [0, 0.05) is 23.7 Å². The van der Waals surface area contributed by atoms with Crippen LogP contribution >= 0.6 is 0 Å². The predicted octanol–water partition coefficient (Wildman–Crippen LogP) is 3.52. The molecule has 3 aromatic rings. The largest absolute Gasteiger partial charge is 0.573 e. The highest BCUT2D eigenvalue weighted by molar-refractivity contribution is 5.75. The third-order valence-corrected chi connectivity index (χ3v) is 4.33. The van der Waals surface area contributed by atoms with Crippen LogP contribution in [0.5, 0.6) is 11.5 Å². The second-order valence-electron chi connectivity index (χ2n) is 6.63. The zero-order chi connectivity index (χ0) is 23.1. The maximum Gasteiger partial charge on any atom is 0.573 e. The number of carbonyl (C=O) groups excluding carboxylic acids is 1. The first-order valence-electron chi connectivity index (χ1n) is 9.65. The summed E-state index contributed by atoms with van der Waals surface area (Å²) in [5, 5.41) is 2.48. The monoisotopic (exact) mass is 447 g/mol. The third-order valence-electron chi connectivity index (χ3n) is 4.33. The molecule has 1 heterocycles. The van der Waals surface area contributed by atoms with Gasteiger partial charge < -0.3 is 14.8 Å². The van der Waals surface area contributed by atoms with Crippen molar-refractivity contribution >= 4 is 5.91 Å². The van der Waals surface area contributed by atoms with Gasteiger partial charge in [0.25, 0.3) is 5.56 Å². The van der Waals surface area contributed by atoms with Crippen molar-refractivity contribution in [1.82, 2.24) is 14.9 Å². The van der Waals surface area contributed by atoms with Crippen LogP contribution < -0.4 is 20.3 Å². The molecular weight excluding hydrogens is 427 g/mol. The van der Waals surface area contributed by atoms with E-state index in [1.807, 2.05) is 6.92 Å². The van der Waals surface area contributed by atoms with Crippen molar-refractivity contribution in [3.63, 3.8) is 0 Å². The first-order valence-corrected chi connectivity index (χ1v) is 9.65. The van der Waals surface area contributed by atoms with Gasteiger partial charge >= 0.3 is 6.36 Å². The van der Waals surface area contributed by atoms with E-state index in [1.165, 1.54) is 30.6 Å². The summed E-state index contributed by atoms with van der Waals surface area (Å²) < 4.78 is 47.9. The minimum Gasteiger partial charge on any atom is -0.494 e. The molecule has 1 aromatic heterocycles. The SMILES string of the molecule is CCOc1ccc(-c2cc(=O)n(CC(=O)NCc3ccccc3OC(F)(F)F)cn2)cc1. The minimum atomic E-state index is -4.84. The molecule has 32 heavy (non-hydrogen) atoms. The van der Waals surface area contributed by atoms with Crippen LogP contribution in [-0.2, 0) is 17.9 Å². The zero-order valence-electron chi connectivity index (χ0n) is 17.1. The molecular formula is C22H20F3N3O4. The van der Waals surface area contributed by atoms with E-state index in [0.29, 0.717) is 23.6 Å². The number of rotatable bonds is 8. The van der Waals surface area contributed by atoms with Crippen molar-refractivity contribution in [3.8, 4) is 22.8 Å². The first-order chi connectivity index (χ1) is 15.2. The van der Waals surface area contributed by atoms with Crippen LogP contribution in [0.4, 0.5) is 13.2 Å². The van der Waals surface area contributed by atoms with Gasteiger partial charge in [0.1, 0.15) is 18.0 Å². The maximum absolute atomic E-state index is 12.5. The number of halogens is 3. The molecule has 3 rings (SSSR count). The fourth-order valence-electron chi connectivity index (χ4n) is 2.87. The molecule has 0 aliphatic carbocycles. The maximum atomic E-state index is 12.5. The number of para-hydroxylation sites is 1. The van der Waals surface area contributed by atoms with Crippen molar-refractivity contribution in [2.45, 2.75) is 26.4 Å². The molecule has 1 N–H and O–H groups in total. The lowest BCUT2D eigenvalue weighted by molar-refractivity contribution is -0.274. The van der Waals surface area contributed by atoms with Crippen molar-refractivity contribution < 1.29 is 27.4 Å². The summed E-state index contributed by atoms with van der Waals surface area (Å²) in [6, 6.07) is 13.8. The zero-order valence-corrected chi connectivity index (χ0v) is 17.1. The van der Waals surface area contributed by atoms with Crippen LogP contribution in [0.15, 0.2) is 65.7 Å². The van der Waals surface area contributed by atoms with E-state index in [9.17, 15) is 22.8 Å². The molecule has 168 valence electrons. The highest BCUT2D eigenvalue weighted by Gasteiger charge is 2.32. The number of hydrogen-bond acceptors (Lipinski definition) is 5. The highest BCUT2D eigenvalue weighted by atomic mass is 19.4. The van der Waals surface area contributed by atoms with E-state index in [4.69, 9.17) is 4.74 Å². The number of carbonyl (C=O) groups is 1. The van der Waals surface area contributed by atoms with Crippen molar-refractivity contribution in [2.24, 2.45) is 0 Å². The van der Waals surface area contributed by atoms with Gasteiger partial charge in [-0.05, 0) is 37.3 Å². The standard InChI is InChI=1S/C22H20F3N3O4/c1-2-31-17-9-7-15(8-10-17)18-11-21(30)28(14-27-18)13-20(29)26-12-16-5-3-4-6-19(16)32-22(23,24)25/h3-11,14H,2,12-13H2,1H3,(H,26,29). The topological polar surface area (TPSA) is 82.5 Å². The molecule has 0 unspecified atom stereocenters. The molecule has 0 atom stereocenters. The number of ether oxygens (including phenoxy) is 2. The number of alkyl halides is 3. The summed E-state index contributed by atoms with van der Waals surface area (Å²) in [6.45, 7) is 1.88. The molecule has 0 saturated heterocycles. The Hall–Kier alpha value is -3.82. The fraction of sp³-hybridized carbons (Fsp3) is 0.227. The Bertz CT molecular complexity index is 1130. The number of benzene rings is 2. The average molecular weight is 447 g/mol. The Labute approximate surface area is 181 Å². The molecule has 7 nitrogen and oxygen atoms in total. The van der Waals surface area contributed by atoms with Crippen LogP contribution in [-0.4, -0.2) is 28.4 Å². The minimum absolute atomic E-state index is 0.148. The number of hydrogen-bond donors (Lipinski definition) is 1. The summed E-state index contributed by atoms with van der Waals surface area (Å²) >= 11 is 0. The van der Waals surface area contributed by atoms with Crippen LogP contribution in [0.3, 0.4) is 0 Å². The lowest BCUT2D eigenvalue weighted by Gasteiger charge is -2.14. The van der Waals surface area contributed by atoms with Crippen molar-refractivity contribution in [3.05, 3.63) is 76.8 Å². The van der Waals surface area contributed by atoms with Crippen LogP contribution in [0.1, 0.15) is 12.5 Å². The smallest absolute Gasteiger partial charge is 0.494 e. The van der Waals surface area contributed by atoms with E-state index in [1.54, 1.807) is 24.3 Å². The van der Waals surface area contributed by atoms with Gasteiger partial charge in [-0.25, -0.2) is 4.98 Å². The van der Waals surface area contributed by atoms with E-state index in [-0.39, 0.29) is 18.7 Å². The van der Waals surface area contributed by atoms with E-state index < -0.39 is 23.6 Å². The Morgan fingerprint density at radius 1 is 1.12 bits per heavy atom. The molecule has 0 bridgehead atoms. The molecule has 10 heteroatoms. The predicted molar refractivity (Wildman–Crippen MR) is 110 cm³/mol. The van der Waals surface area contributed by atoms with Gasteiger partial charge in [-0.2, -0.15) is 0 Å². The van der Waals surface area contributed by atoms with Gasteiger partial charge in [0.2, 0.25) is 5.91 Å². The van der Waals surface area contributed by atoms with Gasteiger partial charge in [-0.3, -0.25) is 14.2 Å². The molecule has 0 spiro atoms. The van der Waals surface area contributed by atoms with Crippen LogP contribution in [0, 0.1) is 0 Å². The third kappa shape index (κ3) is 6.34. The Morgan fingerprint density at radius 2 is 1.84 bits per heavy atom. The normalized spacial score (nSPS) is 11.1. The number of aromatic nitrogens is 2. The quantitative estimate of drug-likeness (QED) is 0.571. The molecule has 0 saturated carbocycles. The number of nitrogens with one attached hydrogen (secondary N) is 1.